The van der Waals surface area contributed by atoms with Crippen LogP contribution >= 0.6 is 0 Å². The summed E-state index contributed by atoms with van der Waals surface area (Å²) < 4.78 is 17.4. The van der Waals surface area contributed by atoms with Crippen molar-refractivity contribution >= 4 is 5.91 Å². The van der Waals surface area contributed by atoms with Crippen LogP contribution in [0.25, 0.3) is 0 Å². The first-order valence-electron chi connectivity index (χ1n) is 10.0. The number of carbonyl (C=O) groups is 1. The van der Waals surface area contributed by atoms with E-state index in [9.17, 15) is 4.79 Å². The molecule has 6 nitrogen and oxygen atoms in total. The van der Waals surface area contributed by atoms with E-state index in [-0.39, 0.29) is 24.2 Å². The number of nitrogens with zero attached hydrogens (tertiary/aromatic N) is 2. The minimum Gasteiger partial charge on any atom is -0.497 e. The summed E-state index contributed by atoms with van der Waals surface area (Å²) in [6, 6.07) is 8.21. The number of amides is 1. The highest BCUT2D eigenvalue weighted by Crippen LogP contribution is 2.36. The first-order chi connectivity index (χ1) is 13.2. The molecule has 6 heteroatoms. The molecule has 27 heavy (non-hydrogen) atoms. The minimum absolute atomic E-state index is 0.0987. The predicted molar refractivity (Wildman–Crippen MR) is 102 cm³/mol. The Balaban J connectivity index is 1.23. The van der Waals surface area contributed by atoms with Crippen LogP contribution in [-0.2, 0) is 20.8 Å². The van der Waals surface area contributed by atoms with Crippen LogP contribution in [0, 0.1) is 0 Å². The second-order valence-corrected chi connectivity index (χ2v) is 8.04. The second-order valence-electron chi connectivity index (χ2n) is 8.04. The SMILES string of the molecule is COc1cccc(CN2CC3(C[C@@H](OCC(=O)N4CCCC4)CCO3)C2)c1. The topological polar surface area (TPSA) is 51.2 Å². The number of rotatable bonds is 6. The Morgan fingerprint density at radius 1 is 1.30 bits per heavy atom. The zero-order chi connectivity index (χ0) is 18.7. The van der Waals surface area contributed by atoms with Gasteiger partial charge in [0.05, 0.1) is 18.8 Å². The monoisotopic (exact) mass is 374 g/mol. The van der Waals surface area contributed by atoms with Crippen LogP contribution in [0.15, 0.2) is 24.3 Å². The quantitative estimate of drug-likeness (QED) is 0.763. The Bertz CT molecular complexity index is 653. The van der Waals surface area contributed by atoms with Crippen molar-refractivity contribution in [2.45, 2.75) is 43.9 Å². The molecule has 0 aliphatic carbocycles. The maximum atomic E-state index is 12.2. The summed E-state index contributed by atoms with van der Waals surface area (Å²) in [5.41, 5.74) is 1.15. The normalized spacial score (nSPS) is 24.8. The molecule has 3 aliphatic rings. The maximum absolute atomic E-state index is 12.2. The Morgan fingerprint density at radius 3 is 2.89 bits per heavy atom. The largest absolute Gasteiger partial charge is 0.497 e. The van der Waals surface area contributed by atoms with E-state index >= 15 is 0 Å². The molecular formula is C21H30N2O4. The van der Waals surface area contributed by atoms with Gasteiger partial charge in [0, 0.05) is 45.8 Å². The molecule has 3 heterocycles. The molecule has 3 saturated heterocycles. The van der Waals surface area contributed by atoms with E-state index in [2.05, 4.69) is 17.0 Å². The number of methoxy groups -OCH3 is 1. The Labute approximate surface area is 161 Å². The zero-order valence-electron chi connectivity index (χ0n) is 16.2. The fraction of sp³-hybridized carbons (Fsp3) is 0.667. The lowest BCUT2D eigenvalue weighted by Crippen LogP contribution is -2.65. The molecule has 0 aromatic heterocycles. The van der Waals surface area contributed by atoms with Crippen LogP contribution < -0.4 is 4.74 Å². The predicted octanol–water partition coefficient (Wildman–Crippen LogP) is 2.07. The molecule has 4 rings (SSSR count). The third kappa shape index (κ3) is 4.45. The van der Waals surface area contributed by atoms with Crippen molar-refractivity contribution in [2.24, 2.45) is 0 Å². The molecule has 0 saturated carbocycles. The van der Waals surface area contributed by atoms with Crippen molar-refractivity contribution in [2.75, 3.05) is 46.5 Å². The first-order valence-corrected chi connectivity index (χ1v) is 10.0. The number of likely N-dealkylation sites (tertiary alicyclic amines) is 2. The number of carbonyl (C=O) groups excluding carboxylic acids is 1. The fourth-order valence-electron chi connectivity index (χ4n) is 4.50. The maximum Gasteiger partial charge on any atom is 0.248 e. The molecule has 3 aliphatic heterocycles. The molecule has 0 radical (unpaired) electrons. The number of hydrogen-bond acceptors (Lipinski definition) is 5. The Hall–Kier alpha value is -1.63. The molecule has 0 unspecified atom stereocenters. The standard InChI is InChI=1S/C21H30N2O4/c1-25-18-6-4-5-17(11-18)13-22-15-21(16-22)12-19(7-10-27-21)26-14-20(24)23-8-2-3-9-23/h4-6,11,19H,2-3,7-10,12-16H2,1H3/t19-/m0/s1. The van der Waals surface area contributed by atoms with E-state index in [0.717, 1.165) is 70.8 Å². The van der Waals surface area contributed by atoms with E-state index < -0.39 is 0 Å². The van der Waals surface area contributed by atoms with Gasteiger partial charge in [-0.05, 0) is 37.0 Å². The van der Waals surface area contributed by atoms with E-state index in [0.29, 0.717) is 0 Å². The van der Waals surface area contributed by atoms with Crippen LogP contribution in [-0.4, -0.2) is 73.9 Å². The van der Waals surface area contributed by atoms with Crippen molar-refractivity contribution in [3.05, 3.63) is 29.8 Å². The fourth-order valence-corrected chi connectivity index (χ4v) is 4.50. The van der Waals surface area contributed by atoms with Crippen LogP contribution in [0.1, 0.15) is 31.2 Å². The van der Waals surface area contributed by atoms with E-state index in [1.807, 2.05) is 17.0 Å². The molecule has 148 valence electrons. The molecule has 1 spiro atoms. The molecule has 3 fully saturated rings. The van der Waals surface area contributed by atoms with Crippen LogP contribution in [0.2, 0.25) is 0 Å². The van der Waals surface area contributed by atoms with Gasteiger partial charge in [-0.15, -0.1) is 0 Å². The highest BCUT2D eigenvalue weighted by Gasteiger charge is 2.47. The molecule has 1 amide bonds. The third-order valence-electron chi connectivity index (χ3n) is 5.91. The zero-order valence-corrected chi connectivity index (χ0v) is 16.2. The highest BCUT2D eigenvalue weighted by molar-refractivity contribution is 5.77. The molecular weight excluding hydrogens is 344 g/mol. The minimum atomic E-state index is -0.0987. The van der Waals surface area contributed by atoms with Gasteiger partial charge in [0.25, 0.3) is 0 Å². The summed E-state index contributed by atoms with van der Waals surface area (Å²) in [5, 5.41) is 0. The van der Waals surface area contributed by atoms with Gasteiger partial charge in [0.2, 0.25) is 5.91 Å². The number of ether oxygens (including phenoxy) is 3. The summed E-state index contributed by atoms with van der Waals surface area (Å²) in [6.07, 6.45) is 4.13. The summed E-state index contributed by atoms with van der Waals surface area (Å²) in [6.45, 7) is 5.46. The first kappa shape index (κ1) is 18.7. The Kier molecular flexibility index (Phi) is 5.66. The van der Waals surface area contributed by atoms with Gasteiger partial charge in [-0.2, -0.15) is 0 Å². The lowest BCUT2D eigenvalue weighted by Gasteiger charge is -2.53. The van der Waals surface area contributed by atoms with Gasteiger partial charge in [0.15, 0.2) is 0 Å². The van der Waals surface area contributed by atoms with Crippen LogP contribution in [0.4, 0.5) is 0 Å². The summed E-state index contributed by atoms with van der Waals surface area (Å²) in [4.78, 5) is 16.5. The van der Waals surface area contributed by atoms with Crippen LogP contribution in [0.3, 0.4) is 0 Å². The van der Waals surface area contributed by atoms with E-state index in [1.165, 1.54) is 5.56 Å². The second kappa shape index (κ2) is 8.17. The Morgan fingerprint density at radius 2 is 2.11 bits per heavy atom. The summed E-state index contributed by atoms with van der Waals surface area (Å²) in [7, 11) is 1.70. The number of hydrogen-bond donors (Lipinski definition) is 0. The lowest BCUT2D eigenvalue weighted by molar-refractivity contribution is -0.200. The molecule has 1 aromatic carbocycles. The lowest BCUT2D eigenvalue weighted by atomic mass is 9.84. The molecule has 0 bridgehead atoms. The van der Waals surface area contributed by atoms with Crippen LogP contribution in [0.5, 0.6) is 5.75 Å². The number of benzene rings is 1. The van der Waals surface area contributed by atoms with Crippen molar-refractivity contribution in [1.29, 1.82) is 0 Å². The smallest absolute Gasteiger partial charge is 0.248 e. The molecule has 1 aromatic rings. The van der Waals surface area contributed by atoms with Crippen molar-refractivity contribution < 1.29 is 19.0 Å². The van der Waals surface area contributed by atoms with Crippen molar-refractivity contribution in [3.63, 3.8) is 0 Å². The van der Waals surface area contributed by atoms with E-state index in [4.69, 9.17) is 14.2 Å². The van der Waals surface area contributed by atoms with Gasteiger partial charge < -0.3 is 19.1 Å². The van der Waals surface area contributed by atoms with Gasteiger partial charge >= 0.3 is 0 Å². The van der Waals surface area contributed by atoms with Gasteiger partial charge in [0.1, 0.15) is 12.4 Å². The average molecular weight is 374 g/mol. The van der Waals surface area contributed by atoms with Crippen molar-refractivity contribution in [1.82, 2.24) is 9.80 Å². The van der Waals surface area contributed by atoms with Gasteiger partial charge in [-0.1, -0.05) is 12.1 Å². The van der Waals surface area contributed by atoms with Gasteiger partial charge in [-0.25, -0.2) is 0 Å². The average Bonchev–Trinajstić information content (AvgIpc) is 3.20. The summed E-state index contributed by atoms with van der Waals surface area (Å²) >= 11 is 0. The molecule has 0 N–H and O–H groups in total. The molecule has 1 atom stereocenters. The van der Waals surface area contributed by atoms with E-state index in [1.54, 1.807) is 7.11 Å². The third-order valence-corrected chi connectivity index (χ3v) is 5.91. The summed E-state index contributed by atoms with van der Waals surface area (Å²) in [5.74, 6) is 1.04. The highest BCUT2D eigenvalue weighted by atomic mass is 16.5. The van der Waals surface area contributed by atoms with Crippen molar-refractivity contribution in [3.8, 4) is 5.75 Å². The van der Waals surface area contributed by atoms with Gasteiger partial charge in [-0.3, -0.25) is 9.69 Å².